The third-order valence-corrected chi connectivity index (χ3v) is 3.25. The number of pyridine rings is 1. The molecule has 0 bridgehead atoms. The number of aromatic amines is 1. The van der Waals surface area contributed by atoms with E-state index in [0.29, 0.717) is 0 Å². The first-order chi connectivity index (χ1) is 8.81. The summed E-state index contributed by atoms with van der Waals surface area (Å²) in [6.45, 7) is 0.785. The van der Waals surface area contributed by atoms with Crippen molar-refractivity contribution in [3.63, 3.8) is 0 Å². The third kappa shape index (κ3) is 2.38. The Kier molecular flexibility index (Phi) is 3.02. The average molecular weight is 302 g/mol. The molecule has 3 rings (SSSR count). The predicted molar refractivity (Wildman–Crippen MR) is 77.6 cm³/mol. The van der Waals surface area contributed by atoms with Crippen LogP contribution >= 0.6 is 15.9 Å². The van der Waals surface area contributed by atoms with Crippen LogP contribution in [0.1, 0.15) is 5.56 Å². The summed E-state index contributed by atoms with van der Waals surface area (Å²) in [7, 11) is 0. The second kappa shape index (κ2) is 4.82. The van der Waals surface area contributed by atoms with Crippen molar-refractivity contribution < 1.29 is 0 Å². The zero-order valence-electron chi connectivity index (χ0n) is 9.65. The number of anilines is 1. The Morgan fingerprint density at radius 1 is 1.17 bits per heavy atom. The van der Waals surface area contributed by atoms with Crippen molar-refractivity contribution in [3.05, 3.63) is 59.0 Å². The minimum absolute atomic E-state index is 0.785. The highest BCUT2D eigenvalue weighted by Gasteiger charge is 1.98. The topological polar surface area (TPSA) is 40.7 Å². The lowest BCUT2D eigenvalue weighted by molar-refractivity contribution is 1.14. The number of benzene rings is 1. The first kappa shape index (κ1) is 11.3. The Labute approximate surface area is 113 Å². The Balaban J connectivity index is 1.76. The van der Waals surface area contributed by atoms with E-state index in [1.165, 1.54) is 16.5 Å². The number of hydrogen-bond acceptors (Lipinski definition) is 2. The average Bonchev–Trinajstić information content (AvgIpc) is 2.84. The van der Waals surface area contributed by atoms with Crippen LogP contribution in [-0.2, 0) is 6.54 Å². The normalized spacial score (nSPS) is 10.7. The molecule has 0 aliphatic carbocycles. The second-order valence-electron chi connectivity index (χ2n) is 4.14. The summed E-state index contributed by atoms with van der Waals surface area (Å²) in [5.74, 6) is 0. The van der Waals surface area contributed by atoms with Gasteiger partial charge in [0.2, 0.25) is 0 Å². The highest BCUT2D eigenvalue weighted by atomic mass is 79.9. The van der Waals surface area contributed by atoms with Crippen LogP contribution in [0.25, 0.3) is 10.9 Å². The van der Waals surface area contributed by atoms with Gasteiger partial charge in [-0.15, -0.1) is 0 Å². The number of aromatic nitrogens is 2. The molecule has 0 saturated carbocycles. The van der Waals surface area contributed by atoms with Gasteiger partial charge in [0.1, 0.15) is 0 Å². The molecular formula is C14H12BrN3. The molecule has 3 aromatic rings. The van der Waals surface area contributed by atoms with Gasteiger partial charge in [0.25, 0.3) is 0 Å². The number of rotatable bonds is 3. The number of nitrogens with one attached hydrogen (secondary N) is 2. The van der Waals surface area contributed by atoms with Gasteiger partial charge in [0.05, 0.1) is 11.9 Å². The molecule has 2 heterocycles. The highest BCUT2D eigenvalue weighted by Crippen LogP contribution is 2.17. The Bertz CT molecular complexity index is 675. The Hall–Kier alpha value is -1.81. The van der Waals surface area contributed by atoms with E-state index in [-0.39, 0.29) is 0 Å². The fourth-order valence-corrected chi connectivity index (χ4v) is 2.28. The molecule has 0 aliphatic rings. The van der Waals surface area contributed by atoms with E-state index in [0.717, 1.165) is 16.7 Å². The maximum atomic E-state index is 4.12. The maximum absolute atomic E-state index is 4.12. The quantitative estimate of drug-likeness (QED) is 0.769. The van der Waals surface area contributed by atoms with Gasteiger partial charge in [0.15, 0.2) is 0 Å². The first-order valence-electron chi connectivity index (χ1n) is 5.72. The van der Waals surface area contributed by atoms with E-state index in [1.54, 1.807) is 6.20 Å². The van der Waals surface area contributed by atoms with Gasteiger partial charge in [0, 0.05) is 28.9 Å². The molecule has 1 aromatic carbocycles. The van der Waals surface area contributed by atoms with E-state index in [2.05, 4.69) is 55.5 Å². The molecule has 0 unspecified atom stereocenters. The van der Waals surface area contributed by atoms with Crippen LogP contribution in [-0.4, -0.2) is 9.97 Å². The van der Waals surface area contributed by atoms with Crippen molar-refractivity contribution in [1.29, 1.82) is 0 Å². The second-order valence-corrected chi connectivity index (χ2v) is 5.06. The summed E-state index contributed by atoms with van der Waals surface area (Å²) < 4.78 is 0.979. The maximum Gasteiger partial charge on any atom is 0.0540 e. The first-order valence-corrected chi connectivity index (χ1v) is 6.51. The summed E-state index contributed by atoms with van der Waals surface area (Å²) in [6.07, 6.45) is 5.55. The zero-order chi connectivity index (χ0) is 12.4. The minimum Gasteiger partial charge on any atom is -0.380 e. The van der Waals surface area contributed by atoms with Gasteiger partial charge in [-0.25, -0.2) is 0 Å². The van der Waals surface area contributed by atoms with Crippen molar-refractivity contribution in [2.45, 2.75) is 6.54 Å². The molecule has 0 saturated heterocycles. The molecule has 0 amide bonds. The van der Waals surface area contributed by atoms with E-state index < -0.39 is 0 Å². The largest absolute Gasteiger partial charge is 0.380 e. The van der Waals surface area contributed by atoms with Crippen LogP contribution in [0.2, 0.25) is 0 Å². The molecule has 2 N–H and O–H groups in total. The van der Waals surface area contributed by atoms with Crippen LogP contribution in [0.15, 0.2) is 53.4 Å². The van der Waals surface area contributed by atoms with Gasteiger partial charge in [-0.1, -0.05) is 12.1 Å². The molecule has 90 valence electrons. The van der Waals surface area contributed by atoms with Crippen LogP contribution < -0.4 is 5.32 Å². The van der Waals surface area contributed by atoms with Gasteiger partial charge >= 0.3 is 0 Å². The molecule has 2 aromatic heterocycles. The fraction of sp³-hybridized carbons (Fsp3) is 0.0714. The zero-order valence-corrected chi connectivity index (χ0v) is 11.2. The van der Waals surface area contributed by atoms with E-state index >= 15 is 0 Å². The summed E-state index contributed by atoms with van der Waals surface area (Å²) in [5.41, 5.74) is 3.42. The number of hydrogen-bond donors (Lipinski definition) is 2. The van der Waals surface area contributed by atoms with E-state index in [4.69, 9.17) is 0 Å². The molecule has 0 atom stereocenters. The van der Waals surface area contributed by atoms with Crippen LogP contribution in [0, 0.1) is 0 Å². The number of fused-ring (bicyclic) bond motifs is 1. The summed E-state index contributed by atoms with van der Waals surface area (Å²) >= 11 is 3.41. The van der Waals surface area contributed by atoms with Crippen LogP contribution in [0.3, 0.4) is 0 Å². The van der Waals surface area contributed by atoms with E-state index in [9.17, 15) is 0 Å². The van der Waals surface area contributed by atoms with Crippen molar-refractivity contribution in [2.75, 3.05) is 5.32 Å². The van der Waals surface area contributed by atoms with Crippen molar-refractivity contribution in [2.24, 2.45) is 0 Å². The molecule has 0 aliphatic heterocycles. The summed E-state index contributed by atoms with van der Waals surface area (Å²) in [5, 5.41) is 4.59. The molecule has 3 nitrogen and oxygen atoms in total. The van der Waals surface area contributed by atoms with Crippen molar-refractivity contribution in [1.82, 2.24) is 9.97 Å². The Morgan fingerprint density at radius 2 is 2.11 bits per heavy atom. The smallest absolute Gasteiger partial charge is 0.0540 e. The lowest BCUT2D eigenvalue weighted by Gasteiger charge is -2.06. The summed E-state index contributed by atoms with van der Waals surface area (Å²) in [6, 6.07) is 10.5. The van der Waals surface area contributed by atoms with Gasteiger partial charge < -0.3 is 10.3 Å². The minimum atomic E-state index is 0.785. The predicted octanol–water partition coefficient (Wildman–Crippen LogP) is 3.94. The number of H-pyrrole nitrogens is 1. The third-order valence-electron chi connectivity index (χ3n) is 2.82. The molecule has 0 fully saturated rings. The number of halogens is 1. The van der Waals surface area contributed by atoms with Crippen molar-refractivity contribution in [3.8, 4) is 0 Å². The molecule has 0 radical (unpaired) electrons. The molecular weight excluding hydrogens is 290 g/mol. The summed E-state index contributed by atoms with van der Waals surface area (Å²) in [4.78, 5) is 7.34. The lowest BCUT2D eigenvalue weighted by atomic mass is 10.1. The van der Waals surface area contributed by atoms with Crippen LogP contribution in [0.4, 0.5) is 5.69 Å². The lowest BCUT2D eigenvalue weighted by Crippen LogP contribution is -1.99. The van der Waals surface area contributed by atoms with Gasteiger partial charge in [-0.05, 0) is 45.1 Å². The van der Waals surface area contributed by atoms with E-state index in [1.807, 2.05) is 18.5 Å². The number of nitrogens with zero attached hydrogens (tertiary/aromatic N) is 1. The van der Waals surface area contributed by atoms with Crippen molar-refractivity contribution >= 4 is 32.5 Å². The van der Waals surface area contributed by atoms with Crippen LogP contribution in [0.5, 0.6) is 0 Å². The van der Waals surface area contributed by atoms with Gasteiger partial charge in [-0.3, -0.25) is 4.98 Å². The SMILES string of the molecule is Brc1cncc(NCc2ccc3cc[nH]c3c2)c1. The monoisotopic (exact) mass is 301 g/mol. The van der Waals surface area contributed by atoms with Gasteiger partial charge in [-0.2, -0.15) is 0 Å². The Morgan fingerprint density at radius 3 is 3.00 bits per heavy atom. The standard InChI is InChI=1S/C14H12BrN3/c15-12-6-13(9-16-8-12)18-7-10-1-2-11-3-4-17-14(11)5-10/h1-6,8-9,17-18H,7H2. The molecule has 4 heteroatoms. The highest BCUT2D eigenvalue weighted by molar-refractivity contribution is 9.10. The fourth-order valence-electron chi connectivity index (χ4n) is 1.92. The molecule has 0 spiro atoms. The molecule has 18 heavy (non-hydrogen) atoms.